The van der Waals surface area contributed by atoms with Crippen molar-refractivity contribution in [2.45, 2.75) is 6.92 Å². The lowest BCUT2D eigenvalue weighted by Crippen LogP contribution is -2.51. The van der Waals surface area contributed by atoms with Crippen LogP contribution in [-0.2, 0) is 0 Å². The van der Waals surface area contributed by atoms with E-state index in [2.05, 4.69) is 30.3 Å². The smallest absolute Gasteiger partial charge is 0.317 e. The average Bonchev–Trinajstić information content (AvgIpc) is 3.25. The fourth-order valence-corrected chi connectivity index (χ4v) is 3.11. The first-order chi connectivity index (χ1) is 13.7. The van der Waals surface area contributed by atoms with Gasteiger partial charge in [-0.2, -0.15) is 4.98 Å². The first-order valence-corrected chi connectivity index (χ1v) is 9.23. The number of benzene rings is 1. The van der Waals surface area contributed by atoms with Crippen LogP contribution in [0.15, 0.2) is 47.4 Å². The summed E-state index contributed by atoms with van der Waals surface area (Å²) in [6.45, 7) is 5.59. The fraction of sp³-hybridized carbons (Fsp3) is 0.316. The number of aromatic nitrogens is 4. The van der Waals surface area contributed by atoms with Gasteiger partial charge in [0.15, 0.2) is 0 Å². The van der Waals surface area contributed by atoms with Crippen LogP contribution in [0.5, 0.6) is 0 Å². The topological polar surface area (TPSA) is 100 Å². The van der Waals surface area contributed by atoms with Gasteiger partial charge in [0.25, 0.3) is 5.89 Å². The molecule has 1 aliphatic heterocycles. The second kappa shape index (κ2) is 8.03. The maximum Gasteiger partial charge on any atom is 0.317 e. The Hall–Kier alpha value is -3.49. The normalized spacial score (nSPS) is 14.2. The quantitative estimate of drug-likeness (QED) is 0.740. The molecule has 2 aromatic heterocycles. The van der Waals surface area contributed by atoms with Gasteiger partial charge >= 0.3 is 6.03 Å². The van der Waals surface area contributed by atoms with Gasteiger partial charge < -0.3 is 19.6 Å². The molecule has 3 aromatic rings. The molecule has 0 aliphatic carbocycles. The fourth-order valence-electron chi connectivity index (χ4n) is 3.11. The first kappa shape index (κ1) is 17.9. The summed E-state index contributed by atoms with van der Waals surface area (Å²) in [7, 11) is 0. The van der Waals surface area contributed by atoms with E-state index in [-0.39, 0.29) is 6.03 Å². The Balaban J connectivity index is 1.41. The van der Waals surface area contributed by atoms with Crippen LogP contribution >= 0.6 is 0 Å². The van der Waals surface area contributed by atoms with Crippen LogP contribution in [0.3, 0.4) is 0 Å². The molecule has 2 amide bonds. The second-order valence-electron chi connectivity index (χ2n) is 6.37. The van der Waals surface area contributed by atoms with Crippen molar-refractivity contribution >= 4 is 11.7 Å². The van der Waals surface area contributed by atoms with Gasteiger partial charge in [-0.1, -0.05) is 5.16 Å². The summed E-state index contributed by atoms with van der Waals surface area (Å²) in [5.41, 5.74) is 2.52. The number of nitrogens with zero attached hydrogens (tertiary/aromatic N) is 6. The molecule has 0 bridgehead atoms. The molecule has 144 valence electrons. The summed E-state index contributed by atoms with van der Waals surface area (Å²) >= 11 is 0. The van der Waals surface area contributed by atoms with E-state index in [1.807, 2.05) is 36.1 Å². The van der Waals surface area contributed by atoms with Crippen molar-refractivity contribution in [3.05, 3.63) is 42.9 Å². The van der Waals surface area contributed by atoms with Crippen LogP contribution in [-0.4, -0.2) is 63.8 Å². The Morgan fingerprint density at radius 2 is 1.93 bits per heavy atom. The van der Waals surface area contributed by atoms with E-state index in [4.69, 9.17) is 4.52 Å². The van der Waals surface area contributed by atoms with Gasteiger partial charge in [-0.25, -0.2) is 9.78 Å². The summed E-state index contributed by atoms with van der Waals surface area (Å²) in [5, 5.41) is 6.88. The van der Waals surface area contributed by atoms with Crippen LogP contribution in [0.2, 0.25) is 0 Å². The number of amides is 2. The molecule has 1 aromatic carbocycles. The van der Waals surface area contributed by atoms with Gasteiger partial charge in [-0.3, -0.25) is 4.98 Å². The molecular formula is C19H21N7O2. The number of piperazine rings is 1. The maximum atomic E-state index is 11.9. The van der Waals surface area contributed by atoms with Gasteiger partial charge in [0.1, 0.15) is 5.69 Å². The third kappa shape index (κ3) is 3.78. The standard InChI is InChI=1S/C19H21N7O2/c1-2-21-19(27)26-11-9-25(10-12-26)15-5-3-14(4-6-15)17-23-18(28-24-17)16-13-20-7-8-22-16/h3-8,13H,2,9-12H2,1H3,(H,21,27). The van der Waals surface area contributed by atoms with Crippen molar-refractivity contribution in [2.24, 2.45) is 0 Å². The van der Waals surface area contributed by atoms with Gasteiger partial charge in [0.05, 0.1) is 6.20 Å². The molecule has 1 aliphatic rings. The molecule has 0 atom stereocenters. The molecule has 0 saturated carbocycles. The molecule has 1 fully saturated rings. The lowest BCUT2D eigenvalue weighted by molar-refractivity contribution is 0.195. The van der Waals surface area contributed by atoms with Crippen molar-refractivity contribution in [1.82, 2.24) is 30.3 Å². The molecular weight excluding hydrogens is 358 g/mol. The lowest BCUT2D eigenvalue weighted by atomic mass is 10.1. The van der Waals surface area contributed by atoms with Crippen LogP contribution in [0.25, 0.3) is 23.0 Å². The predicted molar refractivity (Wildman–Crippen MR) is 104 cm³/mol. The monoisotopic (exact) mass is 379 g/mol. The van der Waals surface area contributed by atoms with E-state index in [0.29, 0.717) is 37.0 Å². The Kier molecular flexibility index (Phi) is 5.14. The molecule has 4 rings (SSSR count). The summed E-state index contributed by atoms with van der Waals surface area (Å²) < 4.78 is 5.29. The molecule has 0 radical (unpaired) electrons. The van der Waals surface area contributed by atoms with Crippen molar-refractivity contribution in [3.8, 4) is 23.0 Å². The first-order valence-electron chi connectivity index (χ1n) is 9.23. The third-order valence-electron chi connectivity index (χ3n) is 4.59. The van der Waals surface area contributed by atoms with Gasteiger partial charge in [-0.15, -0.1) is 0 Å². The van der Waals surface area contributed by atoms with E-state index in [1.165, 1.54) is 0 Å². The number of carbonyl (C=O) groups is 1. The van der Waals surface area contributed by atoms with Crippen molar-refractivity contribution in [2.75, 3.05) is 37.6 Å². The highest BCUT2D eigenvalue weighted by molar-refractivity contribution is 5.74. The minimum absolute atomic E-state index is 0.00788. The molecule has 28 heavy (non-hydrogen) atoms. The highest BCUT2D eigenvalue weighted by atomic mass is 16.5. The number of anilines is 1. The molecule has 3 heterocycles. The van der Waals surface area contributed by atoms with Gasteiger partial charge in [0.2, 0.25) is 5.82 Å². The van der Waals surface area contributed by atoms with Crippen molar-refractivity contribution in [3.63, 3.8) is 0 Å². The second-order valence-corrected chi connectivity index (χ2v) is 6.37. The number of urea groups is 1. The summed E-state index contributed by atoms with van der Waals surface area (Å²) in [6.07, 6.45) is 4.76. The SMILES string of the molecule is CCNC(=O)N1CCN(c2ccc(-c3noc(-c4cnccn4)n3)cc2)CC1. The van der Waals surface area contributed by atoms with Gasteiger partial charge in [0, 0.05) is 56.4 Å². The number of hydrogen-bond acceptors (Lipinski definition) is 7. The summed E-state index contributed by atoms with van der Waals surface area (Å²) in [4.78, 5) is 28.6. The zero-order valence-electron chi connectivity index (χ0n) is 15.6. The average molecular weight is 379 g/mol. The van der Waals surface area contributed by atoms with Crippen LogP contribution in [0.4, 0.5) is 10.5 Å². The minimum atomic E-state index is 0.00788. The van der Waals surface area contributed by atoms with E-state index in [1.54, 1.807) is 18.6 Å². The Morgan fingerprint density at radius 3 is 2.61 bits per heavy atom. The molecule has 9 nitrogen and oxygen atoms in total. The third-order valence-corrected chi connectivity index (χ3v) is 4.59. The summed E-state index contributed by atoms with van der Waals surface area (Å²) in [6, 6.07) is 8.02. The molecule has 1 N–H and O–H groups in total. The van der Waals surface area contributed by atoms with E-state index in [0.717, 1.165) is 24.3 Å². The predicted octanol–water partition coefficient (Wildman–Crippen LogP) is 2.05. The summed E-state index contributed by atoms with van der Waals surface area (Å²) in [5.74, 6) is 0.849. The largest absolute Gasteiger partial charge is 0.368 e. The molecule has 0 spiro atoms. The number of carbonyl (C=O) groups excluding carboxylic acids is 1. The Bertz CT molecular complexity index is 919. The van der Waals surface area contributed by atoms with E-state index >= 15 is 0 Å². The molecule has 9 heteroatoms. The lowest BCUT2D eigenvalue weighted by Gasteiger charge is -2.36. The van der Waals surface area contributed by atoms with Crippen molar-refractivity contribution < 1.29 is 9.32 Å². The van der Waals surface area contributed by atoms with Crippen LogP contribution in [0.1, 0.15) is 6.92 Å². The number of hydrogen-bond donors (Lipinski definition) is 1. The Morgan fingerprint density at radius 1 is 1.14 bits per heavy atom. The van der Waals surface area contributed by atoms with Crippen LogP contribution in [0, 0.1) is 0 Å². The Labute approximate surface area is 162 Å². The zero-order valence-corrected chi connectivity index (χ0v) is 15.6. The van der Waals surface area contributed by atoms with E-state index in [9.17, 15) is 4.79 Å². The maximum absolute atomic E-state index is 11.9. The van der Waals surface area contributed by atoms with E-state index < -0.39 is 0 Å². The molecule has 1 saturated heterocycles. The number of rotatable bonds is 4. The highest BCUT2D eigenvalue weighted by Crippen LogP contribution is 2.24. The van der Waals surface area contributed by atoms with Crippen LogP contribution < -0.4 is 10.2 Å². The zero-order chi connectivity index (χ0) is 19.3. The van der Waals surface area contributed by atoms with Crippen molar-refractivity contribution in [1.29, 1.82) is 0 Å². The number of nitrogens with one attached hydrogen (secondary N) is 1. The minimum Gasteiger partial charge on any atom is -0.368 e. The molecule has 0 unspecified atom stereocenters. The van der Waals surface area contributed by atoms with Gasteiger partial charge in [-0.05, 0) is 31.2 Å². The highest BCUT2D eigenvalue weighted by Gasteiger charge is 2.21.